The smallest absolute Gasteiger partial charge is 0.333 e. The summed E-state index contributed by atoms with van der Waals surface area (Å²) in [6, 6.07) is 34.5. The zero-order chi connectivity index (χ0) is 37.2. The van der Waals surface area contributed by atoms with Gasteiger partial charge >= 0.3 is 5.97 Å². The molecule has 0 N–H and O–H groups in total. The van der Waals surface area contributed by atoms with Gasteiger partial charge in [-0.2, -0.15) is 20.5 Å². The number of esters is 1. The summed E-state index contributed by atoms with van der Waals surface area (Å²) in [7, 11) is 0. The SMILES string of the molecule is C=C(C)C(=O)OC(COCCCCCCOc1ccc(N=Nc2ccccc2)cc1)COCCCCCCOc1ccc(N=Nc2ccccc2)cc1. The lowest BCUT2D eigenvalue weighted by molar-refractivity contribution is -0.151. The van der Waals surface area contributed by atoms with Crippen molar-refractivity contribution < 1.29 is 28.5 Å². The third-order valence-electron chi connectivity index (χ3n) is 7.88. The highest BCUT2D eigenvalue weighted by Gasteiger charge is 2.16. The monoisotopic (exact) mass is 720 g/mol. The molecule has 0 bridgehead atoms. The summed E-state index contributed by atoms with van der Waals surface area (Å²) in [6.45, 7) is 8.38. The van der Waals surface area contributed by atoms with Crippen LogP contribution in [0.4, 0.5) is 22.7 Å². The van der Waals surface area contributed by atoms with Crippen LogP contribution >= 0.6 is 0 Å². The van der Waals surface area contributed by atoms with Gasteiger partial charge in [0.2, 0.25) is 0 Å². The van der Waals surface area contributed by atoms with Crippen molar-refractivity contribution in [2.24, 2.45) is 20.5 Å². The molecule has 280 valence electrons. The van der Waals surface area contributed by atoms with Gasteiger partial charge in [-0.3, -0.25) is 0 Å². The van der Waals surface area contributed by atoms with E-state index in [0.29, 0.717) is 32.0 Å². The highest BCUT2D eigenvalue weighted by atomic mass is 16.6. The fraction of sp³-hybridized carbons (Fsp3) is 0.372. The molecule has 0 heterocycles. The van der Waals surface area contributed by atoms with Gasteiger partial charge in [-0.25, -0.2) is 4.79 Å². The number of azo groups is 2. The molecule has 4 rings (SSSR count). The highest BCUT2D eigenvalue weighted by molar-refractivity contribution is 5.87. The summed E-state index contributed by atoms with van der Waals surface area (Å²) in [5.74, 6) is 1.20. The number of hydrogen-bond donors (Lipinski definition) is 0. The van der Waals surface area contributed by atoms with E-state index in [9.17, 15) is 4.79 Å². The predicted octanol–water partition coefficient (Wildman–Crippen LogP) is 11.6. The summed E-state index contributed by atoms with van der Waals surface area (Å²) < 4.78 is 29.0. The Bertz CT molecular complexity index is 1540. The fourth-order valence-electron chi connectivity index (χ4n) is 4.94. The van der Waals surface area contributed by atoms with Crippen molar-refractivity contribution >= 4 is 28.7 Å². The van der Waals surface area contributed by atoms with Crippen molar-refractivity contribution in [3.05, 3.63) is 121 Å². The first kappa shape index (κ1) is 40.6. The quantitative estimate of drug-likeness (QED) is 0.0276. The number of nitrogens with zero attached hydrogens (tertiary/aromatic N) is 4. The van der Waals surface area contributed by atoms with E-state index < -0.39 is 12.1 Å². The lowest BCUT2D eigenvalue weighted by Crippen LogP contribution is -2.29. The molecule has 0 unspecified atom stereocenters. The molecule has 53 heavy (non-hydrogen) atoms. The number of carbonyl (C=O) groups is 1. The van der Waals surface area contributed by atoms with E-state index >= 15 is 0 Å². The molecule has 0 fully saturated rings. The van der Waals surface area contributed by atoms with Crippen LogP contribution < -0.4 is 9.47 Å². The van der Waals surface area contributed by atoms with E-state index in [1.54, 1.807) is 6.92 Å². The lowest BCUT2D eigenvalue weighted by Gasteiger charge is -2.18. The van der Waals surface area contributed by atoms with Gasteiger partial charge in [0.1, 0.15) is 17.6 Å². The normalized spacial score (nSPS) is 11.9. The van der Waals surface area contributed by atoms with E-state index in [1.807, 2.05) is 109 Å². The molecule has 0 aromatic heterocycles. The maximum Gasteiger partial charge on any atom is 0.333 e. The zero-order valence-corrected chi connectivity index (χ0v) is 30.8. The Labute approximate surface area is 313 Å². The molecule has 0 radical (unpaired) electrons. The third kappa shape index (κ3) is 17.7. The first-order valence-corrected chi connectivity index (χ1v) is 18.5. The number of hydrogen-bond acceptors (Lipinski definition) is 10. The van der Waals surface area contributed by atoms with Crippen LogP contribution in [0.15, 0.2) is 142 Å². The molecular formula is C43H52N4O6. The standard InChI is InChI=1S/C43H52N4O6/c1-35(2)43(48)53-42(33-49-29-13-3-5-15-31-51-40-25-21-38(22-26-40)46-44-36-17-9-7-10-18-36)34-50-30-14-4-6-16-32-52-41-27-23-39(24-28-41)47-45-37-19-11-8-12-20-37/h7-12,17-28,42H,1,3-6,13-16,29-34H2,2H3. The van der Waals surface area contributed by atoms with E-state index in [1.165, 1.54) is 0 Å². The van der Waals surface area contributed by atoms with Crippen LogP contribution in [0.2, 0.25) is 0 Å². The van der Waals surface area contributed by atoms with Crippen LogP contribution in [0.1, 0.15) is 58.3 Å². The van der Waals surface area contributed by atoms with Crippen LogP contribution in [0.3, 0.4) is 0 Å². The maximum atomic E-state index is 12.2. The van der Waals surface area contributed by atoms with E-state index in [0.717, 1.165) is 85.6 Å². The van der Waals surface area contributed by atoms with Crippen molar-refractivity contribution in [3.63, 3.8) is 0 Å². The summed E-state index contributed by atoms with van der Waals surface area (Å²) in [5.41, 5.74) is 3.55. The second-order valence-corrected chi connectivity index (χ2v) is 12.5. The summed E-state index contributed by atoms with van der Waals surface area (Å²) in [4.78, 5) is 12.2. The molecule has 10 heteroatoms. The number of benzene rings is 4. The average molecular weight is 721 g/mol. The van der Waals surface area contributed by atoms with E-state index in [4.69, 9.17) is 23.7 Å². The molecule has 0 atom stereocenters. The van der Waals surface area contributed by atoms with Crippen LogP contribution in [-0.4, -0.2) is 51.7 Å². The Morgan fingerprint density at radius 2 is 0.868 bits per heavy atom. The minimum absolute atomic E-state index is 0.289. The Kier molecular flexibility index (Phi) is 19.1. The third-order valence-corrected chi connectivity index (χ3v) is 7.88. The average Bonchev–Trinajstić information content (AvgIpc) is 3.19. The molecule has 10 nitrogen and oxygen atoms in total. The summed E-state index contributed by atoms with van der Waals surface area (Å²) in [6.07, 6.45) is 7.37. The van der Waals surface area contributed by atoms with Crippen LogP contribution in [0, 0.1) is 0 Å². The largest absolute Gasteiger partial charge is 0.494 e. The van der Waals surface area contributed by atoms with Crippen LogP contribution in [0.25, 0.3) is 0 Å². The van der Waals surface area contributed by atoms with Gasteiger partial charge in [0.15, 0.2) is 0 Å². The van der Waals surface area contributed by atoms with Crippen molar-refractivity contribution in [2.45, 2.75) is 64.4 Å². The Hall–Kier alpha value is -5.19. The first-order valence-electron chi connectivity index (χ1n) is 18.5. The summed E-state index contributed by atoms with van der Waals surface area (Å²) in [5, 5.41) is 17.0. The number of unbranched alkanes of at least 4 members (excludes halogenated alkanes) is 6. The fourth-order valence-corrected chi connectivity index (χ4v) is 4.94. The number of rotatable bonds is 26. The lowest BCUT2D eigenvalue weighted by atomic mass is 10.2. The van der Waals surface area contributed by atoms with Crippen molar-refractivity contribution in [1.29, 1.82) is 0 Å². The van der Waals surface area contributed by atoms with Crippen LogP contribution in [-0.2, 0) is 19.0 Å². The molecular weight excluding hydrogens is 668 g/mol. The van der Waals surface area contributed by atoms with Gasteiger partial charge in [0.05, 0.1) is 49.2 Å². The molecule has 0 spiro atoms. The van der Waals surface area contributed by atoms with E-state index in [2.05, 4.69) is 27.0 Å². The number of ether oxygens (including phenoxy) is 5. The first-order chi connectivity index (χ1) is 26.0. The molecule has 0 aliphatic carbocycles. The molecule has 0 saturated carbocycles. The molecule has 0 aliphatic heterocycles. The number of carbonyl (C=O) groups excluding carboxylic acids is 1. The highest BCUT2D eigenvalue weighted by Crippen LogP contribution is 2.23. The molecule has 0 amide bonds. The molecule has 4 aromatic rings. The molecule has 4 aromatic carbocycles. The van der Waals surface area contributed by atoms with Gasteiger partial charge in [0, 0.05) is 18.8 Å². The van der Waals surface area contributed by atoms with Crippen molar-refractivity contribution in [2.75, 3.05) is 39.6 Å². The van der Waals surface area contributed by atoms with Gasteiger partial charge in [-0.05, 0) is 118 Å². The second kappa shape index (κ2) is 24.9. The van der Waals surface area contributed by atoms with Gasteiger partial charge in [-0.1, -0.05) is 55.8 Å². The van der Waals surface area contributed by atoms with Gasteiger partial charge in [-0.15, -0.1) is 0 Å². The maximum absolute atomic E-state index is 12.2. The zero-order valence-electron chi connectivity index (χ0n) is 30.8. The summed E-state index contributed by atoms with van der Waals surface area (Å²) >= 11 is 0. The predicted molar refractivity (Wildman–Crippen MR) is 208 cm³/mol. The topological polar surface area (TPSA) is 113 Å². The second-order valence-electron chi connectivity index (χ2n) is 12.5. The Balaban J connectivity index is 0.986. The Morgan fingerprint density at radius 3 is 1.25 bits per heavy atom. The Morgan fingerprint density at radius 1 is 0.509 bits per heavy atom. The van der Waals surface area contributed by atoms with Crippen LogP contribution in [0.5, 0.6) is 11.5 Å². The molecule has 0 aliphatic rings. The van der Waals surface area contributed by atoms with Gasteiger partial charge < -0.3 is 23.7 Å². The van der Waals surface area contributed by atoms with Gasteiger partial charge in [0.25, 0.3) is 0 Å². The minimum Gasteiger partial charge on any atom is -0.494 e. The molecule has 0 saturated heterocycles. The minimum atomic E-state index is -0.474. The van der Waals surface area contributed by atoms with Crippen molar-refractivity contribution in [1.82, 2.24) is 0 Å². The van der Waals surface area contributed by atoms with E-state index in [-0.39, 0.29) is 13.2 Å². The van der Waals surface area contributed by atoms with Crippen molar-refractivity contribution in [3.8, 4) is 11.5 Å².